The largest absolute Gasteiger partial charge is 0.433 e. The van der Waals surface area contributed by atoms with Gasteiger partial charge in [0.15, 0.2) is 0 Å². The minimum absolute atomic E-state index is 0.0726. The molecular formula is C13H15F3N2O2. The summed E-state index contributed by atoms with van der Waals surface area (Å²) < 4.78 is 37.4. The number of hydrogen-bond acceptors (Lipinski definition) is 3. The second kappa shape index (κ2) is 5.05. The van der Waals surface area contributed by atoms with E-state index in [-0.39, 0.29) is 18.2 Å². The van der Waals surface area contributed by atoms with E-state index in [4.69, 9.17) is 0 Å². The lowest BCUT2D eigenvalue weighted by Gasteiger charge is -2.41. The van der Waals surface area contributed by atoms with E-state index in [1.807, 2.05) is 0 Å². The number of amides is 1. The van der Waals surface area contributed by atoms with Crippen molar-refractivity contribution in [2.45, 2.75) is 44.0 Å². The standard InChI is InChI=1S/C13H15F3N2O2/c1-12(20)6-9(7-12)18-11(19)5-8-3-2-4-10(17-8)13(14,15)16/h2-4,9,20H,5-7H2,1H3,(H,18,19). The van der Waals surface area contributed by atoms with Gasteiger partial charge in [0.1, 0.15) is 5.69 Å². The lowest BCUT2D eigenvalue weighted by Crippen LogP contribution is -2.53. The second-order valence-corrected chi connectivity index (χ2v) is 5.36. The lowest BCUT2D eigenvalue weighted by molar-refractivity contribution is -0.141. The van der Waals surface area contributed by atoms with E-state index in [0.717, 1.165) is 6.07 Å². The number of rotatable bonds is 3. The number of nitrogens with zero attached hydrogens (tertiary/aromatic N) is 1. The predicted molar refractivity (Wildman–Crippen MR) is 64.7 cm³/mol. The Bertz CT molecular complexity index is 507. The molecule has 4 nitrogen and oxygen atoms in total. The number of carbonyl (C=O) groups excluding carboxylic acids is 1. The molecule has 0 aromatic carbocycles. The summed E-state index contributed by atoms with van der Waals surface area (Å²) in [6, 6.07) is 3.35. The molecule has 1 heterocycles. The fourth-order valence-electron chi connectivity index (χ4n) is 2.28. The van der Waals surface area contributed by atoms with Gasteiger partial charge >= 0.3 is 6.18 Å². The quantitative estimate of drug-likeness (QED) is 0.889. The second-order valence-electron chi connectivity index (χ2n) is 5.36. The third-order valence-electron chi connectivity index (χ3n) is 3.18. The zero-order chi connectivity index (χ0) is 15.0. The Morgan fingerprint density at radius 3 is 2.70 bits per heavy atom. The van der Waals surface area contributed by atoms with E-state index in [9.17, 15) is 23.1 Å². The van der Waals surface area contributed by atoms with Gasteiger partial charge in [-0.15, -0.1) is 0 Å². The summed E-state index contributed by atoms with van der Waals surface area (Å²) in [5.74, 6) is -0.391. The van der Waals surface area contributed by atoms with Crippen molar-refractivity contribution in [3.05, 3.63) is 29.6 Å². The van der Waals surface area contributed by atoms with Gasteiger partial charge in [-0.1, -0.05) is 6.07 Å². The molecule has 0 aliphatic heterocycles. The van der Waals surface area contributed by atoms with Crippen LogP contribution in [0.15, 0.2) is 18.2 Å². The molecule has 1 aliphatic carbocycles. The number of pyridine rings is 1. The lowest BCUT2D eigenvalue weighted by atomic mass is 9.77. The summed E-state index contributed by atoms with van der Waals surface area (Å²) in [6.45, 7) is 1.67. The zero-order valence-electron chi connectivity index (χ0n) is 10.9. The molecule has 0 bridgehead atoms. The molecule has 0 unspecified atom stereocenters. The molecule has 0 saturated heterocycles. The first-order chi connectivity index (χ1) is 9.16. The maximum atomic E-state index is 12.5. The van der Waals surface area contributed by atoms with Crippen molar-refractivity contribution in [2.24, 2.45) is 0 Å². The highest BCUT2D eigenvalue weighted by molar-refractivity contribution is 5.78. The summed E-state index contributed by atoms with van der Waals surface area (Å²) in [5.41, 5.74) is -1.69. The van der Waals surface area contributed by atoms with E-state index in [1.165, 1.54) is 12.1 Å². The maximum Gasteiger partial charge on any atom is 0.433 e. The van der Waals surface area contributed by atoms with Crippen LogP contribution in [0, 0.1) is 0 Å². The average molecular weight is 288 g/mol. The van der Waals surface area contributed by atoms with E-state index in [1.54, 1.807) is 6.92 Å². The Balaban J connectivity index is 1.92. The van der Waals surface area contributed by atoms with E-state index in [2.05, 4.69) is 10.3 Å². The minimum atomic E-state index is -4.51. The highest BCUT2D eigenvalue weighted by atomic mass is 19.4. The van der Waals surface area contributed by atoms with Gasteiger partial charge in [0.2, 0.25) is 5.91 Å². The number of aromatic nitrogens is 1. The van der Waals surface area contributed by atoms with Gasteiger partial charge in [-0.25, -0.2) is 4.98 Å². The van der Waals surface area contributed by atoms with Crippen molar-refractivity contribution in [3.8, 4) is 0 Å². The molecule has 0 spiro atoms. The predicted octanol–water partition coefficient (Wildman–Crippen LogP) is 1.67. The Kier molecular flexibility index (Phi) is 3.73. The molecule has 7 heteroatoms. The van der Waals surface area contributed by atoms with Gasteiger partial charge in [0.05, 0.1) is 17.7 Å². The number of carbonyl (C=O) groups is 1. The van der Waals surface area contributed by atoms with Crippen molar-refractivity contribution >= 4 is 5.91 Å². The van der Waals surface area contributed by atoms with Crippen LogP contribution in [-0.4, -0.2) is 27.6 Å². The van der Waals surface area contributed by atoms with E-state index in [0.29, 0.717) is 12.8 Å². The molecule has 20 heavy (non-hydrogen) atoms. The number of alkyl halides is 3. The Labute approximate surface area is 114 Å². The first-order valence-corrected chi connectivity index (χ1v) is 6.21. The van der Waals surface area contributed by atoms with Crippen LogP contribution in [0.1, 0.15) is 31.2 Å². The topological polar surface area (TPSA) is 62.2 Å². The molecule has 2 N–H and O–H groups in total. The van der Waals surface area contributed by atoms with Crippen LogP contribution in [0.25, 0.3) is 0 Å². The first kappa shape index (κ1) is 14.8. The highest BCUT2D eigenvalue weighted by Gasteiger charge is 2.39. The van der Waals surface area contributed by atoms with Crippen LogP contribution in [0.5, 0.6) is 0 Å². The third kappa shape index (κ3) is 3.69. The van der Waals surface area contributed by atoms with Crippen molar-refractivity contribution in [2.75, 3.05) is 0 Å². The van der Waals surface area contributed by atoms with Gasteiger partial charge in [0, 0.05) is 6.04 Å². The molecule has 1 saturated carbocycles. The summed E-state index contributed by atoms with van der Waals surface area (Å²) in [4.78, 5) is 15.1. The van der Waals surface area contributed by atoms with Crippen LogP contribution in [-0.2, 0) is 17.4 Å². The molecule has 1 amide bonds. The molecule has 2 rings (SSSR count). The highest BCUT2D eigenvalue weighted by Crippen LogP contribution is 2.31. The Morgan fingerprint density at radius 2 is 2.15 bits per heavy atom. The number of nitrogens with one attached hydrogen (secondary N) is 1. The molecule has 1 aromatic rings. The van der Waals surface area contributed by atoms with E-state index >= 15 is 0 Å². The summed E-state index contributed by atoms with van der Waals surface area (Å²) in [5, 5.41) is 12.2. The Morgan fingerprint density at radius 1 is 1.50 bits per heavy atom. The van der Waals surface area contributed by atoms with Gasteiger partial charge in [-0.3, -0.25) is 4.79 Å². The molecule has 1 aliphatic rings. The molecule has 0 atom stereocenters. The van der Waals surface area contributed by atoms with Crippen LogP contribution in [0.2, 0.25) is 0 Å². The smallest absolute Gasteiger partial charge is 0.390 e. The van der Waals surface area contributed by atoms with Crippen LogP contribution in [0.4, 0.5) is 13.2 Å². The molecular weight excluding hydrogens is 273 g/mol. The molecule has 0 radical (unpaired) electrons. The molecule has 1 aromatic heterocycles. The van der Waals surface area contributed by atoms with Crippen molar-refractivity contribution in [1.82, 2.24) is 10.3 Å². The summed E-state index contributed by atoms with van der Waals surface area (Å²) in [7, 11) is 0. The monoisotopic (exact) mass is 288 g/mol. The molecule has 1 fully saturated rings. The first-order valence-electron chi connectivity index (χ1n) is 6.21. The van der Waals surface area contributed by atoms with Gasteiger partial charge in [-0.05, 0) is 31.9 Å². The normalized spacial score (nSPS) is 25.9. The van der Waals surface area contributed by atoms with Crippen molar-refractivity contribution < 1.29 is 23.1 Å². The fraction of sp³-hybridized carbons (Fsp3) is 0.538. The van der Waals surface area contributed by atoms with Crippen LogP contribution in [0.3, 0.4) is 0 Å². The Hall–Kier alpha value is -1.63. The number of hydrogen-bond donors (Lipinski definition) is 2. The van der Waals surface area contributed by atoms with Crippen molar-refractivity contribution in [1.29, 1.82) is 0 Å². The molecule has 110 valence electrons. The fourth-order valence-corrected chi connectivity index (χ4v) is 2.28. The zero-order valence-corrected chi connectivity index (χ0v) is 10.9. The van der Waals surface area contributed by atoms with Crippen LogP contribution >= 0.6 is 0 Å². The van der Waals surface area contributed by atoms with Gasteiger partial charge in [0.25, 0.3) is 0 Å². The SMILES string of the molecule is CC1(O)CC(NC(=O)Cc2cccc(C(F)(F)F)n2)C1. The third-order valence-corrected chi connectivity index (χ3v) is 3.18. The van der Waals surface area contributed by atoms with E-state index < -0.39 is 23.4 Å². The average Bonchev–Trinajstić information content (AvgIpc) is 2.25. The minimum Gasteiger partial charge on any atom is -0.390 e. The van der Waals surface area contributed by atoms with Gasteiger partial charge in [-0.2, -0.15) is 13.2 Å². The number of aliphatic hydroxyl groups is 1. The maximum absolute atomic E-state index is 12.5. The summed E-state index contributed by atoms with van der Waals surface area (Å²) in [6.07, 6.45) is -3.81. The number of halogens is 3. The van der Waals surface area contributed by atoms with Gasteiger partial charge < -0.3 is 10.4 Å². The van der Waals surface area contributed by atoms with Crippen molar-refractivity contribution in [3.63, 3.8) is 0 Å². The summed E-state index contributed by atoms with van der Waals surface area (Å²) >= 11 is 0. The van der Waals surface area contributed by atoms with Crippen LogP contribution < -0.4 is 5.32 Å².